The van der Waals surface area contributed by atoms with Crippen LogP contribution in [0.4, 0.5) is 0 Å². The van der Waals surface area contributed by atoms with E-state index in [1.807, 2.05) is 0 Å². The normalized spacial score (nSPS) is 16.7. The molecule has 2 rings (SSSR count). The maximum Gasteiger partial charge on any atom is 0.251 e. The molecule has 1 aliphatic rings. The van der Waals surface area contributed by atoms with Crippen molar-refractivity contribution in [1.29, 1.82) is 0 Å². The van der Waals surface area contributed by atoms with Crippen molar-refractivity contribution in [2.75, 3.05) is 33.9 Å². The molecule has 0 aliphatic carbocycles. The molecule has 5 nitrogen and oxygen atoms in total. The summed E-state index contributed by atoms with van der Waals surface area (Å²) in [5, 5.41) is 3.09. The van der Waals surface area contributed by atoms with Gasteiger partial charge in [0.2, 0.25) is 0 Å². The van der Waals surface area contributed by atoms with Crippen molar-refractivity contribution in [3.63, 3.8) is 0 Å². The lowest BCUT2D eigenvalue weighted by atomic mass is 9.99. The predicted octanol–water partition coefficient (Wildman–Crippen LogP) is 2.94. The van der Waals surface area contributed by atoms with Crippen LogP contribution in [0, 0.1) is 5.92 Å². The highest BCUT2D eigenvalue weighted by Gasteiger charge is 2.24. The Kier molecular flexibility index (Phi) is 6.91. The van der Waals surface area contributed by atoms with E-state index >= 15 is 0 Å². The maximum atomic E-state index is 12.6. The summed E-state index contributed by atoms with van der Waals surface area (Å²) in [6, 6.07) is 5.62. The van der Waals surface area contributed by atoms with Gasteiger partial charge in [0.1, 0.15) is 11.5 Å². The van der Waals surface area contributed by atoms with E-state index in [1.54, 1.807) is 32.4 Å². The quantitative estimate of drug-likeness (QED) is 0.833. The number of hydrogen-bond acceptors (Lipinski definition) is 4. The molecule has 0 bridgehead atoms. The van der Waals surface area contributed by atoms with Crippen LogP contribution >= 0.6 is 0 Å². The predicted molar refractivity (Wildman–Crippen MR) is 95.9 cm³/mol. The number of nitrogens with zero attached hydrogens (tertiary/aromatic N) is 1. The summed E-state index contributed by atoms with van der Waals surface area (Å²) >= 11 is 0. The zero-order chi connectivity index (χ0) is 17.5. The molecule has 1 amide bonds. The SMILES string of the molecule is COc1cc(OC)cc(C(=O)NCC(C(C)C)N2CCCCC2)c1. The van der Waals surface area contributed by atoms with Crippen LogP contribution in [-0.4, -0.2) is 50.7 Å². The Hall–Kier alpha value is -1.75. The van der Waals surface area contributed by atoms with E-state index in [4.69, 9.17) is 9.47 Å². The van der Waals surface area contributed by atoms with Crippen molar-refractivity contribution in [3.05, 3.63) is 23.8 Å². The molecule has 1 aromatic carbocycles. The Labute approximate surface area is 145 Å². The van der Waals surface area contributed by atoms with Crippen LogP contribution < -0.4 is 14.8 Å². The van der Waals surface area contributed by atoms with Crippen LogP contribution in [0.5, 0.6) is 11.5 Å². The monoisotopic (exact) mass is 334 g/mol. The first-order valence-corrected chi connectivity index (χ1v) is 8.80. The molecule has 0 spiro atoms. The molecular weight excluding hydrogens is 304 g/mol. The highest BCUT2D eigenvalue weighted by Crippen LogP contribution is 2.22. The summed E-state index contributed by atoms with van der Waals surface area (Å²) < 4.78 is 10.5. The fourth-order valence-electron chi connectivity index (χ4n) is 3.27. The number of methoxy groups -OCH3 is 2. The largest absolute Gasteiger partial charge is 0.497 e. The van der Waals surface area contributed by atoms with Crippen LogP contribution in [0.1, 0.15) is 43.5 Å². The number of carbonyl (C=O) groups excluding carboxylic acids is 1. The number of ether oxygens (including phenoxy) is 2. The van der Waals surface area contributed by atoms with E-state index in [0.717, 1.165) is 13.1 Å². The van der Waals surface area contributed by atoms with Crippen LogP contribution in [0.15, 0.2) is 18.2 Å². The molecule has 1 aliphatic heterocycles. The first-order chi connectivity index (χ1) is 11.5. The van der Waals surface area contributed by atoms with E-state index in [0.29, 0.717) is 35.6 Å². The number of benzene rings is 1. The van der Waals surface area contributed by atoms with Crippen molar-refractivity contribution < 1.29 is 14.3 Å². The van der Waals surface area contributed by atoms with Gasteiger partial charge >= 0.3 is 0 Å². The van der Waals surface area contributed by atoms with E-state index in [2.05, 4.69) is 24.1 Å². The zero-order valence-corrected chi connectivity index (χ0v) is 15.3. The van der Waals surface area contributed by atoms with Crippen molar-refractivity contribution in [2.24, 2.45) is 5.92 Å². The van der Waals surface area contributed by atoms with Gasteiger partial charge in [-0.05, 0) is 44.0 Å². The second-order valence-electron chi connectivity index (χ2n) is 6.72. The maximum absolute atomic E-state index is 12.6. The Morgan fingerprint density at radius 1 is 1.08 bits per heavy atom. The van der Waals surface area contributed by atoms with Gasteiger partial charge in [0.25, 0.3) is 5.91 Å². The van der Waals surface area contributed by atoms with Gasteiger partial charge in [-0.1, -0.05) is 20.3 Å². The van der Waals surface area contributed by atoms with Gasteiger partial charge in [0.05, 0.1) is 14.2 Å². The average molecular weight is 334 g/mol. The molecule has 1 aromatic rings. The Morgan fingerprint density at radius 2 is 1.67 bits per heavy atom. The van der Waals surface area contributed by atoms with Gasteiger partial charge in [-0.2, -0.15) is 0 Å². The summed E-state index contributed by atoms with van der Waals surface area (Å²) in [7, 11) is 3.17. The zero-order valence-electron chi connectivity index (χ0n) is 15.3. The molecule has 24 heavy (non-hydrogen) atoms. The average Bonchev–Trinajstić information content (AvgIpc) is 2.61. The van der Waals surface area contributed by atoms with Crippen molar-refractivity contribution in [3.8, 4) is 11.5 Å². The second kappa shape index (κ2) is 8.92. The Morgan fingerprint density at radius 3 is 2.17 bits per heavy atom. The molecule has 1 N–H and O–H groups in total. The highest BCUT2D eigenvalue weighted by atomic mass is 16.5. The summed E-state index contributed by atoms with van der Waals surface area (Å²) in [6.07, 6.45) is 3.83. The van der Waals surface area contributed by atoms with E-state index < -0.39 is 0 Å². The minimum Gasteiger partial charge on any atom is -0.497 e. The third kappa shape index (κ3) is 4.87. The molecule has 1 saturated heterocycles. The molecule has 1 fully saturated rings. The molecular formula is C19H30N2O3. The standard InChI is InChI=1S/C19H30N2O3/c1-14(2)18(21-8-6-5-7-9-21)13-20-19(22)15-10-16(23-3)12-17(11-15)24-4/h10-12,14,18H,5-9,13H2,1-4H3,(H,20,22). The number of carbonyl (C=O) groups is 1. The molecule has 1 atom stereocenters. The fourth-order valence-corrected chi connectivity index (χ4v) is 3.27. The minimum absolute atomic E-state index is 0.0881. The van der Waals surface area contributed by atoms with E-state index in [-0.39, 0.29) is 5.91 Å². The first kappa shape index (κ1) is 18.6. The first-order valence-electron chi connectivity index (χ1n) is 8.80. The lowest BCUT2D eigenvalue weighted by Crippen LogP contribution is -2.48. The highest BCUT2D eigenvalue weighted by molar-refractivity contribution is 5.95. The molecule has 0 saturated carbocycles. The number of rotatable bonds is 7. The van der Waals surface area contributed by atoms with Gasteiger partial charge in [0.15, 0.2) is 0 Å². The number of amides is 1. The third-order valence-electron chi connectivity index (χ3n) is 4.71. The third-order valence-corrected chi connectivity index (χ3v) is 4.71. The Balaban J connectivity index is 2.02. The van der Waals surface area contributed by atoms with Gasteiger partial charge < -0.3 is 14.8 Å². The fraction of sp³-hybridized carbons (Fsp3) is 0.632. The lowest BCUT2D eigenvalue weighted by Gasteiger charge is -2.37. The van der Waals surface area contributed by atoms with Crippen LogP contribution in [0.25, 0.3) is 0 Å². The molecule has 0 aromatic heterocycles. The summed E-state index contributed by atoms with van der Waals surface area (Å²) in [4.78, 5) is 15.1. The Bertz CT molecular complexity index is 517. The number of piperidine rings is 1. The molecule has 134 valence electrons. The number of nitrogens with one attached hydrogen (secondary N) is 1. The van der Waals surface area contributed by atoms with Gasteiger partial charge in [-0.25, -0.2) is 0 Å². The molecule has 1 heterocycles. The van der Waals surface area contributed by atoms with Crippen LogP contribution in [-0.2, 0) is 0 Å². The summed E-state index contributed by atoms with van der Waals surface area (Å²) in [6.45, 7) is 7.37. The van der Waals surface area contributed by atoms with Gasteiger partial charge in [-0.3, -0.25) is 9.69 Å². The number of likely N-dealkylation sites (tertiary alicyclic amines) is 1. The van der Waals surface area contributed by atoms with E-state index in [1.165, 1.54) is 19.3 Å². The summed E-state index contributed by atoms with van der Waals surface area (Å²) in [5.41, 5.74) is 0.562. The minimum atomic E-state index is -0.0881. The van der Waals surface area contributed by atoms with Crippen molar-refractivity contribution in [1.82, 2.24) is 10.2 Å². The molecule has 5 heteroatoms. The van der Waals surface area contributed by atoms with Crippen molar-refractivity contribution in [2.45, 2.75) is 39.2 Å². The topological polar surface area (TPSA) is 50.8 Å². The van der Waals surface area contributed by atoms with E-state index in [9.17, 15) is 4.79 Å². The van der Waals surface area contributed by atoms with Gasteiger partial charge in [-0.15, -0.1) is 0 Å². The van der Waals surface area contributed by atoms with Crippen LogP contribution in [0.3, 0.4) is 0 Å². The molecule has 1 unspecified atom stereocenters. The smallest absolute Gasteiger partial charge is 0.251 e. The second-order valence-corrected chi connectivity index (χ2v) is 6.72. The number of hydrogen-bond donors (Lipinski definition) is 1. The summed E-state index contributed by atoms with van der Waals surface area (Å²) in [5.74, 6) is 1.66. The lowest BCUT2D eigenvalue weighted by molar-refractivity contribution is 0.0895. The van der Waals surface area contributed by atoms with Gasteiger partial charge in [0, 0.05) is 24.2 Å². The van der Waals surface area contributed by atoms with Crippen molar-refractivity contribution >= 4 is 5.91 Å². The molecule has 0 radical (unpaired) electrons. The van der Waals surface area contributed by atoms with Crippen LogP contribution in [0.2, 0.25) is 0 Å².